The van der Waals surface area contributed by atoms with Crippen molar-refractivity contribution in [2.24, 2.45) is 0 Å². The third-order valence-corrected chi connectivity index (χ3v) is 7.14. The Hall–Kier alpha value is -1.98. The number of carbonyl (C=O) groups is 1. The van der Waals surface area contributed by atoms with Crippen molar-refractivity contribution in [3.8, 4) is 5.75 Å². The van der Waals surface area contributed by atoms with Crippen molar-refractivity contribution in [1.29, 1.82) is 0 Å². The molecule has 2 aromatic rings. The van der Waals surface area contributed by atoms with E-state index in [4.69, 9.17) is 22.4 Å². The molecule has 1 saturated heterocycles. The Bertz CT molecular complexity index is 1020. The van der Waals surface area contributed by atoms with Gasteiger partial charge >= 0.3 is 11.7 Å². The van der Waals surface area contributed by atoms with Gasteiger partial charge in [-0.3, -0.25) is 0 Å². The number of rotatable bonds is 2. The fraction of sp³-hybridized carbons (Fsp3) is 0.450. The maximum Gasteiger partial charge on any atom is 0.514 e. The van der Waals surface area contributed by atoms with Crippen LogP contribution in [0.4, 0.5) is 18.0 Å². The predicted octanol–water partition coefficient (Wildman–Crippen LogP) is 4.98. The second-order valence-electron chi connectivity index (χ2n) is 7.71. The summed E-state index contributed by atoms with van der Waals surface area (Å²) in [5, 5.41) is 2.39. The summed E-state index contributed by atoms with van der Waals surface area (Å²) in [7, 11) is -5.72. The maximum absolute atomic E-state index is 11.8. The molecule has 0 unspecified atom stereocenters. The van der Waals surface area contributed by atoms with Gasteiger partial charge in [0, 0.05) is 16.3 Å². The molecule has 0 aromatic heterocycles. The number of ether oxygens (including phenoxy) is 2. The maximum atomic E-state index is 11.8. The second kappa shape index (κ2) is 9.66. The van der Waals surface area contributed by atoms with E-state index in [1.54, 1.807) is 0 Å². The summed E-state index contributed by atoms with van der Waals surface area (Å²) in [6.45, 7) is 5.47. The molecule has 1 heterocycles. The van der Waals surface area contributed by atoms with Gasteiger partial charge in [0.25, 0.3) is 0 Å². The molecule has 172 valence electrons. The van der Waals surface area contributed by atoms with Crippen LogP contribution in [0.15, 0.2) is 41.3 Å². The van der Waals surface area contributed by atoms with Gasteiger partial charge in [-0.1, -0.05) is 12.1 Å². The van der Waals surface area contributed by atoms with Gasteiger partial charge in [0.15, 0.2) is 15.0 Å². The Morgan fingerprint density at radius 1 is 1.06 bits per heavy atom. The SMILES string of the molecule is CC(C)(C)OC(=O)Oc1ccc2c([S+]3CCCC3)cccc2c1.O=S(=O)([O-])C(F)(F)F. The highest BCUT2D eigenvalue weighted by atomic mass is 32.2. The predicted molar refractivity (Wildman–Crippen MR) is 111 cm³/mol. The molecular weight excluding hydrogens is 457 g/mol. The lowest BCUT2D eigenvalue weighted by Crippen LogP contribution is -2.25. The Labute approximate surface area is 181 Å². The summed E-state index contributed by atoms with van der Waals surface area (Å²) in [6.07, 6.45) is 2.00. The number of hydrogen-bond donors (Lipinski definition) is 0. The Morgan fingerprint density at radius 2 is 1.65 bits per heavy atom. The van der Waals surface area contributed by atoms with Crippen LogP contribution in [0.5, 0.6) is 5.75 Å². The van der Waals surface area contributed by atoms with Crippen molar-refractivity contribution in [3.05, 3.63) is 36.4 Å². The minimum absolute atomic E-state index is 0.372. The fourth-order valence-corrected chi connectivity index (χ4v) is 5.31. The van der Waals surface area contributed by atoms with Crippen LogP contribution < -0.4 is 4.74 Å². The van der Waals surface area contributed by atoms with E-state index >= 15 is 0 Å². The van der Waals surface area contributed by atoms with E-state index in [9.17, 15) is 18.0 Å². The van der Waals surface area contributed by atoms with Crippen molar-refractivity contribution in [2.75, 3.05) is 11.5 Å². The first-order valence-electron chi connectivity index (χ1n) is 9.31. The average molecular weight is 481 g/mol. The van der Waals surface area contributed by atoms with Crippen molar-refractivity contribution < 1.29 is 40.4 Å². The largest absolute Gasteiger partial charge is 0.741 e. The zero-order chi connectivity index (χ0) is 23.4. The molecule has 31 heavy (non-hydrogen) atoms. The van der Waals surface area contributed by atoms with E-state index in [-0.39, 0.29) is 0 Å². The van der Waals surface area contributed by atoms with Crippen molar-refractivity contribution in [1.82, 2.24) is 0 Å². The van der Waals surface area contributed by atoms with Crippen LogP contribution in [0.1, 0.15) is 33.6 Å². The first-order chi connectivity index (χ1) is 14.2. The molecule has 0 atom stereocenters. The topological polar surface area (TPSA) is 92.7 Å². The molecule has 0 amide bonds. The quantitative estimate of drug-likeness (QED) is 0.198. The van der Waals surface area contributed by atoms with Crippen LogP contribution in [0.2, 0.25) is 0 Å². The summed E-state index contributed by atoms with van der Waals surface area (Å²) in [4.78, 5) is 13.2. The molecule has 1 aliphatic rings. The van der Waals surface area contributed by atoms with Gasteiger partial charge in [0.05, 0.1) is 0 Å². The number of benzene rings is 2. The molecule has 0 spiro atoms. The highest BCUT2D eigenvalue weighted by Gasteiger charge is 2.37. The standard InChI is InChI=1S/C19H23O3S.CHF3O3S/c1-19(2,3)22-18(20)21-15-9-10-16-14(13-15)7-6-8-17(16)23-11-4-5-12-23;2-1(3,4)8(5,6)7/h6-10,13H,4-5,11-12H2,1-3H3;(H,5,6,7)/q+1;/p-1. The minimum Gasteiger partial charge on any atom is -0.741 e. The van der Waals surface area contributed by atoms with E-state index in [1.165, 1.54) is 34.6 Å². The average Bonchev–Trinajstić information content (AvgIpc) is 3.12. The van der Waals surface area contributed by atoms with Gasteiger partial charge in [-0.25, -0.2) is 13.2 Å². The van der Waals surface area contributed by atoms with E-state index in [0.717, 1.165) is 5.39 Å². The summed E-state index contributed by atoms with van der Waals surface area (Å²) >= 11 is 0. The third-order valence-electron chi connectivity index (χ3n) is 4.03. The Morgan fingerprint density at radius 3 is 2.16 bits per heavy atom. The number of alkyl halides is 3. The van der Waals surface area contributed by atoms with Crippen LogP contribution in [-0.2, 0) is 25.7 Å². The monoisotopic (exact) mass is 480 g/mol. The molecule has 11 heteroatoms. The van der Waals surface area contributed by atoms with Gasteiger partial charge in [-0.05, 0) is 63.3 Å². The molecule has 0 saturated carbocycles. The van der Waals surface area contributed by atoms with Crippen molar-refractivity contribution >= 4 is 37.9 Å². The highest BCUT2D eigenvalue weighted by Crippen LogP contribution is 2.31. The number of fused-ring (bicyclic) bond motifs is 1. The zero-order valence-corrected chi connectivity index (χ0v) is 18.8. The summed E-state index contributed by atoms with van der Waals surface area (Å²) in [5.74, 6) is 3.13. The van der Waals surface area contributed by atoms with E-state index in [0.29, 0.717) is 16.6 Å². The molecule has 0 N–H and O–H groups in total. The molecule has 1 aliphatic heterocycles. The Kier molecular flexibility index (Phi) is 7.88. The normalized spacial score (nSPS) is 15.3. The van der Waals surface area contributed by atoms with E-state index in [1.807, 2.05) is 32.9 Å². The lowest BCUT2D eigenvalue weighted by Gasteiger charge is -2.18. The molecule has 6 nitrogen and oxygen atoms in total. The van der Waals surface area contributed by atoms with Crippen LogP contribution in [0, 0.1) is 0 Å². The molecule has 0 aliphatic carbocycles. The van der Waals surface area contributed by atoms with E-state index in [2.05, 4.69) is 24.3 Å². The fourth-order valence-electron chi connectivity index (χ4n) is 2.79. The number of halogens is 3. The molecule has 0 radical (unpaired) electrons. The summed E-state index contributed by atoms with van der Waals surface area (Å²) < 4.78 is 69.4. The lowest BCUT2D eigenvalue weighted by molar-refractivity contribution is -0.0518. The first kappa shape index (κ1) is 25.3. The summed E-state index contributed by atoms with van der Waals surface area (Å²) in [5.41, 5.74) is -6.20. The van der Waals surface area contributed by atoms with Crippen molar-refractivity contribution in [2.45, 2.75) is 49.6 Å². The lowest BCUT2D eigenvalue weighted by atomic mass is 10.1. The van der Waals surface area contributed by atoms with Gasteiger partial charge in [-0.15, -0.1) is 0 Å². The van der Waals surface area contributed by atoms with Crippen LogP contribution in [-0.4, -0.2) is 41.7 Å². The number of carbonyl (C=O) groups excluding carboxylic acids is 1. The molecular formula is C20H23F3O6S2. The van der Waals surface area contributed by atoms with Crippen LogP contribution >= 0.6 is 0 Å². The van der Waals surface area contributed by atoms with Crippen LogP contribution in [0.25, 0.3) is 10.8 Å². The first-order valence-corrected chi connectivity index (χ1v) is 12.3. The van der Waals surface area contributed by atoms with Gasteiger partial charge in [0.1, 0.15) is 22.9 Å². The highest BCUT2D eigenvalue weighted by molar-refractivity contribution is 7.97. The van der Waals surface area contributed by atoms with Gasteiger partial charge < -0.3 is 14.0 Å². The Balaban J connectivity index is 0.000000366. The summed E-state index contributed by atoms with van der Waals surface area (Å²) in [6, 6.07) is 12.2. The van der Waals surface area contributed by atoms with Gasteiger partial charge in [-0.2, -0.15) is 13.2 Å². The molecule has 2 aromatic carbocycles. The zero-order valence-electron chi connectivity index (χ0n) is 17.2. The van der Waals surface area contributed by atoms with Crippen LogP contribution in [0.3, 0.4) is 0 Å². The smallest absolute Gasteiger partial charge is 0.514 e. The molecule has 1 fully saturated rings. The molecule has 0 bridgehead atoms. The minimum atomic E-state index is -6.09. The molecule has 3 rings (SSSR count). The third kappa shape index (κ3) is 7.58. The number of hydrogen-bond acceptors (Lipinski definition) is 6. The van der Waals surface area contributed by atoms with Crippen molar-refractivity contribution in [3.63, 3.8) is 0 Å². The second-order valence-corrected chi connectivity index (χ2v) is 11.3. The van der Waals surface area contributed by atoms with Gasteiger partial charge in [0.2, 0.25) is 0 Å². The van der Waals surface area contributed by atoms with E-state index < -0.39 is 27.4 Å².